The number of terminal acetylenes is 1. The van der Waals surface area contributed by atoms with Gasteiger partial charge in [-0.1, -0.05) is 36.3 Å². The molecule has 0 bridgehead atoms. The van der Waals surface area contributed by atoms with Crippen molar-refractivity contribution in [3.63, 3.8) is 0 Å². The third kappa shape index (κ3) is 5.65. The summed E-state index contributed by atoms with van der Waals surface area (Å²) in [7, 11) is 0. The van der Waals surface area contributed by atoms with Gasteiger partial charge in [-0.15, -0.1) is 6.42 Å². The Balaban J connectivity index is 1.35. The molecular weight excluding hydrogens is 391 g/mol. The second kappa shape index (κ2) is 9.53. The number of hydrogen-bond donors (Lipinski definition) is 1. The summed E-state index contributed by atoms with van der Waals surface area (Å²) < 4.78 is 20.7. The van der Waals surface area contributed by atoms with E-state index in [0.717, 1.165) is 41.2 Å². The Morgan fingerprint density at radius 1 is 1.29 bits per heavy atom. The predicted molar refractivity (Wildman–Crippen MR) is 119 cm³/mol. The Bertz CT molecular complexity index is 962. The first-order valence-electron chi connectivity index (χ1n) is 11.0. The number of nitrogens with zero attached hydrogens (tertiary/aromatic N) is 1. The molecule has 2 aromatic rings. The fourth-order valence-electron chi connectivity index (χ4n) is 3.99. The smallest absolute Gasteiger partial charge is 0.232 e. The van der Waals surface area contributed by atoms with Crippen LogP contribution in [0.4, 0.5) is 4.39 Å². The SMILES string of the molecule is C#CCC(=O)N[C@@H](C)c1ccc(CN2Cc3ccc(OCC4CC4)cc3C(F)C2)cc1. The number of hydrogen-bond acceptors (Lipinski definition) is 3. The summed E-state index contributed by atoms with van der Waals surface area (Å²) in [6.07, 6.45) is 6.73. The van der Waals surface area contributed by atoms with E-state index in [1.54, 1.807) is 0 Å². The number of halogens is 1. The van der Waals surface area contributed by atoms with Gasteiger partial charge >= 0.3 is 0 Å². The Hall–Kier alpha value is -2.84. The molecule has 4 nitrogen and oxygen atoms in total. The summed E-state index contributed by atoms with van der Waals surface area (Å²) in [6, 6.07) is 13.8. The van der Waals surface area contributed by atoms with E-state index in [1.807, 2.05) is 49.4 Å². The molecule has 1 saturated carbocycles. The van der Waals surface area contributed by atoms with Gasteiger partial charge in [-0.05, 0) is 60.1 Å². The van der Waals surface area contributed by atoms with Crippen molar-refractivity contribution < 1.29 is 13.9 Å². The highest BCUT2D eigenvalue weighted by atomic mass is 19.1. The molecule has 0 aromatic heterocycles. The average Bonchev–Trinajstić information content (AvgIpc) is 3.58. The van der Waals surface area contributed by atoms with E-state index in [0.29, 0.717) is 19.0 Å². The lowest BCUT2D eigenvalue weighted by Crippen LogP contribution is -2.31. The lowest BCUT2D eigenvalue weighted by Gasteiger charge is -2.31. The van der Waals surface area contributed by atoms with Crippen LogP contribution in [0.15, 0.2) is 42.5 Å². The van der Waals surface area contributed by atoms with Crippen LogP contribution in [0.3, 0.4) is 0 Å². The van der Waals surface area contributed by atoms with E-state index in [1.165, 1.54) is 12.8 Å². The van der Waals surface area contributed by atoms with Crippen molar-refractivity contribution in [2.24, 2.45) is 5.92 Å². The molecule has 2 aromatic carbocycles. The van der Waals surface area contributed by atoms with Crippen molar-refractivity contribution in [1.29, 1.82) is 0 Å². The van der Waals surface area contributed by atoms with E-state index in [-0.39, 0.29) is 18.4 Å². The summed E-state index contributed by atoms with van der Waals surface area (Å²) in [5.41, 5.74) is 3.92. The van der Waals surface area contributed by atoms with Gasteiger partial charge in [-0.3, -0.25) is 9.69 Å². The fourth-order valence-corrected chi connectivity index (χ4v) is 3.99. The largest absolute Gasteiger partial charge is 0.493 e. The number of carbonyl (C=O) groups is 1. The first kappa shape index (κ1) is 21.4. The van der Waals surface area contributed by atoms with E-state index in [2.05, 4.69) is 16.1 Å². The number of nitrogens with one attached hydrogen (secondary N) is 1. The zero-order valence-corrected chi connectivity index (χ0v) is 17.9. The number of carbonyl (C=O) groups excluding carboxylic acids is 1. The van der Waals surface area contributed by atoms with Crippen LogP contribution in [0.25, 0.3) is 0 Å². The zero-order chi connectivity index (χ0) is 21.8. The number of amides is 1. The van der Waals surface area contributed by atoms with Gasteiger partial charge in [0.25, 0.3) is 0 Å². The second-order valence-electron chi connectivity index (χ2n) is 8.66. The predicted octanol–water partition coefficient (Wildman–Crippen LogP) is 4.70. The lowest BCUT2D eigenvalue weighted by molar-refractivity contribution is -0.120. The molecule has 2 atom stereocenters. The maximum Gasteiger partial charge on any atom is 0.232 e. The zero-order valence-electron chi connectivity index (χ0n) is 17.9. The van der Waals surface area contributed by atoms with Crippen molar-refractivity contribution in [3.8, 4) is 18.1 Å². The quantitative estimate of drug-likeness (QED) is 0.630. The highest BCUT2D eigenvalue weighted by molar-refractivity contribution is 5.78. The molecule has 1 unspecified atom stereocenters. The first-order chi connectivity index (χ1) is 15.0. The van der Waals surface area contributed by atoms with E-state index >= 15 is 0 Å². The molecule has 162 valence electrons. The summed E-state index contributed by atoms with van der Waals surface area (Å²) in [6.45, 7) is 4.45. The van der Waals surface area contributed by atoms with Crippen LogP contribution in [0.1, 0.15) is 60.7 Å². The molecule has 2 aliphatic rings. The Labute approximate surface area is 183 Å². The fraction of sp³-hybridized carbons (Fsp3) is 0.423. The van der Waals surface area contributed by atoms with E-state index in [9.17, 15) is 9.18 Å². The van der Waals surface area contributed by atoms with Crippen LogP contribution in [0.5, 0.6) is 5.75 Å². The second-order valence-corrected chi connectivity index (χ2v) is 8.66. The van der Waals surface area contributed by atoms with Crippen LogP contribution < -0.4 is 10.1 Å². The molecule has 31 heavy (non-hydrogen) atoms. The highest BCUT2D eigenvalue weighted by Crippen LogP contribution is 2.34. The van der Waals surface area contributed by atoms with Crippen LogP contribution in [0.2, 0.25) is 0 Å². The molecule has 0 spiro atoms. The summed E-state index contributed by atoms with van der Waals surface area (Å²) >= 11 is 0. The van der Waals surface area contributed by atoms with Gasteiger partial charge in [0.05, 0.1) is 19.1 Å². The van der Waals surface area contributed by atoms with Gasteiger partial charge in [0.1, 0.15) is 11.9 Å². The Morgan fingerprint density at radius 3 is 2.77 bits per heavy atom. The maximum absolute atomic E-state index is 14.9. The van der Waals surface area contributed by atoms with E-state index < -0.39 is 6.17 Å². The van der Waals surface area contributed by atoms with Crippen LogP contribution in [0, 0.1) is 18.3 Å². The molecule has 5 heteroatoms. The number of fused-ring (bicyclic) bond motifs is 1. The van der Waals surface area contributed by atoms with Crippen molar-refractivity contribution in [2.45, 2.75) is 51.5 Å². The van der Waals surface area contributed by atoms with Gasteiger partial charge in [0.2, 0.25) is 5.91 Å². The summed E-state index contributed by atoms with van der Waals surface area (Å²) in [5, 5.41) is 2.89. The highest BCUT2D eigenvalue weighted by Gasteiger charge is 2.26. The Kier molecular flexibility index (Phi) is 6.58. The van der Waals surface area contributed by atoms with Gasteiger partial charge in [0, 0.05) is 19.6 Å². The monoisotopic (exact) mass is 420 g/mol. The van der Waals surface area contributed by atoms with Crippen molar-refractivity contribution in [2.75, 3.05) is 13.2 Å². The molecule has 1 N–H and O–H groups in total. The summed E-state index contributed by atoms with van der Waals surface area (Å²) in [5.74, 6) is 3.66. The van der Waals surface area contributed by atoms with Gasteiger partial charge in [-0.25, -0.2) is 4.39 Å². The van der Waals surface area contributed by atoms with Gasteiger partial charge in [-0.2, -0.15) is 0 Å². The minimum absolute atomic E-state index is 0.0807. The first-order valence-corrected chi connectivity index (χ1v) is 11.0. The number of rotatable bonds is 8. The standard InChI is InChI=1S/C26H29FN2O2/c1-3-4-26(30)28-18(2)21-9-7-19(8-10-21)14-29-15-22-11-12-23(31-17-20-5-6-20)13-24(22)25(27)16-29/h1,7-13,18,20,25H,4-6,14-17H2,2H3,(H,28,30)/t18-,25?/m0/s1. The number of benzene rings is 2. The van der Waals surface area contributed by atoms with Gasteiger partial charge < -0.3 is 10.1 Å². The van der Waals surface area contributed by atoms with Crippen LogP contribution in [-0.2, 0) is 17.9 Å². The summed E-state index contributed by atoms with van der Waals surface area (Å²) in [4.78, 5) is 13.8. The topological polar surface area (TPSA) is 41.6 Å². The third-order valence-electron chi connectivity index (χ3n) is 5.98. The van der Waals surface area contributed by atoms with Crippen molar-refractivity contribution in [3.05, 3.63) is 64.7 Å². The minimum atomic E-state index is -1.01. The molecule has 1 aliphatic carbocycles. The molecule has 0 saturated heterocycles. The Morgan fingerprint density at radius 2 is 2.06 bits per heavy atom. The molecule has 4 rings (SSSR count). The number of ether oxygens (including phenoxy) is 1. The molecular formula is C26H29FN2O2. The lowest BCUT2D eigenvalue weighted by atomic mass is 9.97. The molecule has 1 amide bonds. The van der Waals surface area contributed by atoms with Gasteiger partial charge in [0.15, 0.2) is 0 Å². The molecule has 1 fully saturated rings. The number of alkyl halides is 1. The van der Waals surface area contributed by atoms with Crippen molar-refractivity contribution in [1.82, 2.24) is 10.2 Å². The van der Waals surface area contributed by atoms with E-state index in [4.69, 9.17) is 11.2 Å². The maximum atomic E-state index is 14.9. The molecule has 1 heterocycles. The third-order valence-corrected chi connectivity index (χ3v) is 5.98. The molecule has 1 aliphatic heterocycles. The van der Waals surface area contributed by atoms with Crippen LogP contribution >= 0.6 is 0 Å². The van der Waals surface area contributed by atoms with Crippen LogP contribution in [-0.4, -0.2) is 24.0 Å². The minimum Gasteiger partial charge on any atom is -0.493 e. The van der Waals surface area contributed by atoms with Crippen molar-refractivity contribution >= 4 is 5.91 Å². The normalized spacial score (nSPS) is 19.2. The average molecular weight is 421 g/mol. The molecule has 0 radical (unpaired) electrons.